The fourth-order valence-electron chi connectivity index (χ4n) is 4.58. The van der Waals surface area contributed by atoms with Crippen molar-refractivity contribution in [3.05, 3.63) is 165 Å². The molecule has 0 aliphatic rings. The Balaban J connectivity index is 1.39. The van der Waals surface area contributed by atoms with Crippen LogP contribution in [-0.2, 0) is 15.8 Å². The molecule has 0 spiro atoms. The molecule has 1 atom stereocenters. The van der Waals surface area contributed by atoms with Crippen LogP contribution in [0.3, 0.4) is 0 Å². The minimum absolute atomic E-state index is 0.0475. The number of rotatable bonds is 10. The van der Waals surface area contributed by atoms with E-state index in [1.54, 1.807) is 109 Å². The molecule has 0 aliphatic heterocycles. The number of thioether (sulfide) groups is 1. The summed E-state index contributed by atoms with van der Waals surface area (Å²) in [4.78, 5) is 40.7. The number of alkyl halides is 3. The summed E-state index contributed by atoms with van der Waals surface area (Å²) in [5, 5.41) is 7.48. The maximum atomic E-state index is 13.6. The van der Waals surface area contributed by atoms with Crippen molar-refractivity contribution < 1.29 is 27.6 Å². The van der Waals surface area contributed by atoms with E-state index in [4.69, 9.17) is 23.2 Å². The molecule has 5 aromatic rings. The summed E-state index contributed by atoms with van der Waals surface area (Å²) in [5.41, 5.74) is 0.680. The molecule has 0 saturated heterocycles. The predicted molar refractivity (Wildman–Crippen MR) is 189 cm³/mol. The van der Waals surface area contributed by atoms with E-state index in [0.717, 1.165) is 30.0 Å². The normalized spacial score (nSPS) is 12.1. The van der Waals surface area contributed by atoms with E-state index in [2.05, 4.69) is 16.0 Å². The lowest BCUT2D eigenvalue weighted by Crippen LogP contribution is -2.30. The van der Waals surface area contributed by atoms with Gasteiger partial charge in [-0.25, -0.2) is 0 Å². The average Bonchev–Trinajstić information content (AvgIpc) is 3.08. The predicted octanol–water partition coefficient (Wildman–Crippen LogP) is 9.89. The molecule has 3 N–H and O–H groups in total. The van der Waals surface area contributed by atoms with Crippen molar-refractivity contribution in [2.45, 2.75) is 16.3 Å². The first-order valence-corrected chi connectivity index (χ1v) is 16.2. The second-order valence-corrected chi connectivity index (χ2v) is 12.5. The monoisotopic (exact) mass is 719 g/mol. The third kappa shape index (κ3) is 9.76. The number of nitrogens with one attached hydrogen (secondary N) is 3. The summed E-state index contributed by atoms with van der Waals surface area (Å²) in [5.74, 6) is -1.73. The molecule has 1 unspecified atom stereocenters. The van der Waals surface area contributed by atoms with Gasteiger partial charge in [0.15, 0.2) is 0 Å². The van der Waals surface area contributed by atoms with Crippen molar-refractivity contribution in [2.24, 2.45) is 0 Å². The molecule has 6 nitrogen and oxygen atoms in total. The quantitative estimate of drug-likeness (QED) is 0.0991. The Hall–Kier alpha value is -5.03. The summed E-state index contributed by atoms with van der Waals surface area (Å²) in [7, 11) is 0. The van der Waals surface area contributed by atoms with Gasteiger partial charge in [0.25, 0.3) is 11.8 Å². The summed E-state index contributed by atoms with van der Waals surface area (Å²) in [6, 6.07) is 33.2. The second-order valence-electron chi connectivity index (χ2n) is 10.5. The van der Waals surface area contributed by atoms with E-state index in [9.17, 15) is 27.6 Å². The number of anilines is 2. The van der Waals surface area contributed by atoms with Crippen LogP contribution in [0.5, 0.6) is 0 Å². The largest absolute Gasteiger partial charge is 0.416 e. The Morgan fingerprint density at radius 2 is 1.43 bits per heavy atom. The Kier molecular flexibility index (Phi) is 11.5. The summed E-state index contributed by atoms with van der Waals surface area (Å²) >= 11 is 13.4. The molecule has 0 bridgehead atoms. The van der Waals surface area contributed by atoms with Crippen LogP contribution in [0.1, 0.15) is 32.3 Å². The Morgan fingerprint density at radius 1 is 0.735 bits per heavy atom. The average molecular weight is 721 g/mol. The molecule has 49 heavy (non-hydrogen) atoms. The molecule has 3 amide bonds. The minimum atomic E-state index is -4.63. The first-order chi connectivity index (χ1) is 23.5. The third-order valence-electron chi connectivity index (χ3n) is 6.93. The maximum absolute atomic E-state index is 13.6. The highest BCUT2D eigenvalue weighted by molar-refractivity contribution is 8.00. The molecule has 248 valence electrons. The molecule has 5 aromatic carbocycles. The first kappa shape index (κ1) is 35.3. The van der Waals surface area contributed by atoms with Crippen molar-refractivity contribution in [3.8, 4) is 0 Å². The highest BCUT2D eigenvalue weighted by Crippen LogP contribution is 2.39. The van der Waals surface area contributed by atoms with Crippen molar-refractivity contribution >= 4 is 70.1 Å². The van der Waals surface area contributed by atoms with E-state index in [-0.39, 0.29) is 16.4 Å². The molecule has 5 rings (SSSR count). The molecule has 12 heteroatoms. The Morgan fingerprint density at radius 3 is 2.12 bits per heavy atom. The van der Waals surface area contributed by atoms with Gasteiger partial charge in [0.1, 0.15) is 10.9 Å². The summed E-state index contributed by atoms with van der Waals surface area (Å²) < 4.78 is 40.1. The molecular weight excluding hydrogens is 694 g/mol. The first-order valence-electron chi connectivity index (χ1n) is 14.6. The molecule has 0 fully saturated rings. The summed E-state index contributed by atoms with van der Waals surface area (Å²) in [6.45, 7) is 0. The fraction of sp³-hybridized carbons (Fsp3) is 0.0541. The third-order valence-corrected chi connectivity index (χ3v) is 8.74. The standard InChI is InChI=1S/C37H26Cl2F3N3O3S/c38-27-14-7-9-23(19-27)20-32(45-34(46)25-12-5-2-6-13-25)35(47)43-28-15-8-16-29(22-28)49-33(24-10-3-1-4-11-24)36(48)44-31-21-26(37(40,41)42)17-18-30(31)39/h1-22,33H,(H,43,47)(H,44,48)(H,45,46)/b32-20-. The molecule has 0 aliphatic carbocycles. The number of carbonyl (C=O) groups is 3. The van der Waals surface area contributed by atoms with Crippen LogP contribution >= 0.6 is 35.0 Å². The SMILES string of the molecule is O=C(Nc1cccc(SC(C(=O)Nc2cc(C(F)(F)F)ccc2Cl)c2ccccc2)c1)/C(=C/c1cccc(Cl)c1)NC(=O)c1ccccc1. The number of benzene rings is 5. The second kappa shape index (κ2) is 15.9. The lowest BCUT2D eigenvalue weighted by molar-refractivity contribution is -0.137. The fourth-order valence-corrected chi connectivity index (χ4v) is 6.03. The van der Waals surface area contributed by atoms with Gasteiger partial charge in [0.2, 0.25) is 5.91 Å². The van der Waals surface area contributed by atoms with Crippen LogP contribution in [0.4, 0.5) is 24.5 Å². The van der Waals surface area contributed by atoms with Crippen LogP contribution in [-0.4, -0.2) is 17.7 Å². The number of hydrogen-bond acceptors (Lipinski definition) is 4. The van der Waals surface area contributed by atoms with E-state index < -0.39 is 34.7 Å². The van der Waals surface area contributed by atoms with Crippen molar-refractivity contribution in [1.82, 2.24) is 5.32 Å². The zero-order valence-corrected chi connectivity index (χ0v) is 27.6. The van der Waals surface area contributed by atoms with Crippen LogP contribution in [0.15, 0.2) is 138 Å². The molecular formula is C37H26Cl2F3N3O3S. The van der Waals surface area contributed by atoms with Crippen LogP contribution in [0.2, 0.25) is 10.0 Å². The van der Waals surface area contributed by atoms with Gasteiger partial charge in [0, 0.05) is 21.2 Å². The zero-order valence-electron chi connectivity index (χ0n) is 25.3. The highest BCUT2D eigenvalue weighted by atomic mass is 35.5. The van der Waals surface area contributed by atoms with Crippen molar-refractivity contribution in [2.75, 3.05) is 10.6 Å². The van der Waals surface area contributed by atoms with E-state index in [1.807, 2.05) is 0 Å². The smallest absolute Gasteiger partial charge is 0.323 e. The molecule has 0 heterocycles. The molecule has 0 saturated carbocycles. The summed E-state index contributed by atoms with van der Waals surface area (Å²) in [6.07, 6.45) is -3.13. The minimum Gasteiger partial charge on any atom is -0.323 e. The van der Waals surface area contributed by atoms with E-state index in [0.29, 0.717) is 32.3 Å². The number of halogens is 5. The Labute approximate surface area is 294 Å². The Bertz CT molecular complexity index is 2010. The maximum Gasteiger partial charge on any atom is 0.416 e. The van der Waals surface area contributed by atoms with Crippen molar-refractivity contribution in [1.29, 1.82) is 0 Å². The van der Waals surface area contributed by atoms with E-state index in [1.165, 1.54) is 6.08 Å². The lowest BCUT2D eigenvalue weighted by atomic mass is 10.1. The molecule has 0 radical (unpaired) electrons. The lowest BCUT2D eigenvalue weighted by Gasteiger charge is -2.19. The van der Waals surface area contributed by atoms with E-state index >= 15 is 0 Å². The van der Waals surface area contributed by atoms with Crippen LogP contribution in [0, 0.1) is 0 Å². The zero-order chi connectivity index (χ0) is 35.0. The van der Waals surface area contributed by atoms with Gasteiger partial charge in [-0.1, -0.05) is 89.9 Å². The topological polar surface area (TPSA) is 87.3 Å². The van der Waals surface area contributed by atoms with Crippen molar-refractivity contribution in [3.63, 3.8) is 0 Å². The van der Waals surface area contributed by atoms with Gasteiger partial charge in [-0.2, -0.15) is 13.2 Å². The van der Waals surface area contributed by atoms with Gasteiger partial charge >= 0.3 is 6.18 Å². The number of carbonyl (C=O) groups excluding carboxylic acids is 3. The highest BCUT2D eigenvalue weighted by Gasteiger charge is 2.32. The van der Waals surface area contributed by atoms with Crippen LogP contribution < -0.4 is 16.0 Å². The number of hydrogen-bond donors (Lipinski definition) is 3. The molecule has 0 aromatic heterocycles. The van der Waals surface area contributed by atoms with Gasteiger partial charge < -0.3 is 16.0 Å². The van der Waals surface area contributed by atoms with Gasteiger partial charge in [-0.15, -0.1) is 11.8 Å². The van der Waals surface area contributed by atoms with Gasteiger partial charge in [0.05, 0.1) is 16.3 Å². The number of amides is 3. The van der Waals surface area contributed by atoms with Gasteiger partial charge in [-0.3, -0.25) is 14.4 Å². The van der Waals surface area contributed by atoms with Gasteiger partial charge in [-0.05, 0) is 77.9 Å². The van der Waals surface area contributed by atoms with Crippen LogP contribution in [0.25, 0.3) is 6.08 Å².